The SMILES string of the molecule is Cc1c(Cc2ccncc2)ccc(S(=O)(=O)O)c1C.N. The zero-order chi connectivity index (χ0) is 14.0. The van der Waals surface area contributed by atoms with Gasteiger partial charge < -0.3 is 6.15 Å². The van der Waals surface area contributed by atoms with Gasteiger partial charge in [-0.1, -0.05) is 6.07 Å². The second-order valence-electron chi connectivity index (χ2n) is 4.48. The molecule has 2 rings (SSSR count). The van der Waals surface area contributed by atoms with Crippen molar-refractivity contribution >= 4 is 10.1 Å². The van der Waals surface area contributed by atoms with Crippen LogP contribution in [0.15, 0.2) is 41.6 Å². The van der Waals surface area contributed by atoms with Gasteiger partial charge >= 0.3 is 0 Å². The van der Waals surface area contributed by atoms with Crippen LogP contribution in [0.4, 0.5) is 0 Å². The quantitative estimate of drug-likeness (QED) is 0.847. The summed E-state index contributed by atoms with van der Waals surface area (Å²) in [5.74, 6) is 0. The summed E-state index contributed by atoms with van der Waals surface area (Å²) < 4.78 is 31.6. The number of nitrogens with zero attached hydrogens (tertiary/aromatic N) is 1. The van der Waals surface area contributed by atoms with Gasteiger partial charge in [-0.2, -0.15) is 8.42 Å². The third-order valence-electron chi connectivity index (χ3n) is 3.27. The van der Waals surface area contributed by atoms with Crippen LogP contribution in [0.5, 0.6) is 0 Å². The van der Waals surface area contributed by atoms with Crippen LogP contribution in [0.3, 0.4) is 0 Å². The topological polar surface area (TPSA) is 102 Å². The Hall–Kier alpha value is -1.76. The van der Waals surface area contributed by atoms with Crippen molar-refractivity contribution in [3.63, 3.8) is 0 Å². The lowest BCUT2D eigenvalue weighted by molar-refractivity contribution is 0.482. The molecule has 5 nitrogen and oxygen atoms in total. The van der Waals surface area contributed by atoms with Gasteiger partial charge in [0.1, 0.15) is 0 Å². The molecule has 6 heteroatoms. The van der Waals surface area contributed by atoms with E-state index in [1.807, 2.05) is 19.1 Å². The highest BCUT2D eigenvalue weighted by atomic mass is 32.2. The molecule has 2 aromatic rings. The standard InChI is InChI=1S/C14H15NO3S.H3N/c1-10-11(2)14(19(16,17)18)4-3-13(10)9-12-5-7-15-8-6-12;/h3-8H,9H2,1-2H3,(H,16,17,18);1H3. The van der Waals surface area contributed by atoms with E-state index in [0.29, 0.717) is 12.0 Å². The molecule has 20 heavy (non-hydrogen) atoms. The number of aromatic nitrogens is 1. The number of pyridine rings is 1. The first kappa shape index (κ1) is 16.3. The van der Waals surface area contributed by atoms with Crippen molar-refractivity contribution in [1.29, 1.82) is 0 Å². The van der Waals surface area contributed by atoms with Gasteiger partial charge in [0, 0.05) is 12.4 Å². The fourth-order valence-corrected chi connectivity index (χ4v) is 2.82. The molecule has 1 aromatic carbocycles. The molecule has 4 N–H and O–H groups in total. The lowest BCUT2D eigenvalue weighted by Gasteiger charge is -2.11. The van der Waals surface area contributed by atoms with Crippen LogP contribution in [0.1, 0.15) is 22.3 Å². The summed E-state index contributed by atoms with van der Waals surface area (Å²) >= 11 is 0. The van der Waals surface area contributed by atoms with Crippen LogP contribution in [0, 0.1) is 13.8 Å². The molecule has 0 radical (unpaired) electrons. The smallest absolute Gasteiger partial charge is 0.294 e. The predicted molar refractivity (Wildman–Crippen MR) is 77.8 cm³/mol. The largest absolute Gasteiger partial charge is 0.344 e. The Morgan fingerprint density at radius 2 is 1.65 bits per heavy atom. The van der Waals surface area contributed by atoms with E-state index in [2.05, 4.69) is 4.98 Å². The zero-order valence-corrected chi connectivity index (χ0v) is 12.3. The lowest BCUT2D eigenvalue weighted by atomic mass is 9.98. The fourth-order valence-electron chi connectivity index (χ4n) is 2.04. The second-order valence-corrected chi connectivity index (χ2v) is 5.87. The van der Waals surface area contributed by atoms with Crippen LogP contribution in [0.2, 0.25) is 0 Å². The van der Waals surface area contributed by atoms with Gasteiger partial charge in [0.2, 0.25) is 0 Å². The predicted octanol–water partition coefficient (Wildman–Crippen LogP) is 2.70. The first-order valence-electron chi connectivity index (χ1n) is 5.85. The fraction of sp³-hybridized carbons (Fsp3) is 0.214. The monoisotopic (exact) mass is 294 g/mol. The molecule has 0 atom stereocenters. The number of hydrogen-bond donors (Lipinski definition) is 2. The van der Waals surface area contributed by atoms with Crippen molar-refractivity contribution in [3.8, 4) is 0 Å². The average Bonchev–Trinajstić information content (AvgIpc) is 2.35. The molecule has 0 bridgehead atoms. The summed E-state index contributed by atoms with van der Waals surface area (Å²) in [5.41, 5.74) is 3.62. The van der Waals surface area contributed by atoms with Crippen molar-refractivity contribution in [3.05, 3.63) is 58.9 Å². The maximum Gasteiger partial charge on any atom is 0.294 e. The van der Waals surface area contributed by atoms with E-state index in [0.717, 1.165) is 16.7 Å². The Morgan fingerprint density at radius 3 is 2.20 bits per heavy atom. The van der Waals surface area contributed by atoms with E-state index in [-0.39, 0.29) is 11.0 Å². The van der Waals surface area contributed by atoms with Crippen LogP contribution in [-0.4, -0.2) is 18.0 Å². The minimum atomic E-state index is -4.16. The normalized spacial score (nSPS) is 10.9. The molecule has 0 unspecified atom stereocenters. The molecule has 0 aliphatic carbocycles. The van der Waals surface area contributed by atoms with Crippen LogP contribution in [-0.2, 0) is 16.5 Å². The Balaban J connectivity index is 0.00000200. The summed E-state index contributed by atoms with van der Waals surface area (Å²) in [6, 6.07) is 7.04. The summed E-state index contributed by atoms with van der Waals surface area (Å²) in [4.78, 5) is 3.94. The van der Waals surface area contributed by atoms with Crippen molar-refractivity contribution in [2.45, 2.75) is 25.2 Å². The van der Waals surface area contributed by atoms with Gasteiger partial charge in [-0.05, 0) is 60.7 Å². The van der Waals surface area contributed by atoms with E-state index in [1.54, 1.807) is 25.4 Å². The van der Waals surface area contributed by atoms with Gasteiger partial charge in [-0.25, -0.2) is 0 Å². The molecule has 0 aliphatic rings. The lowest BCUT2D eigenvalue weighted by Crippen LogP contribution is -2.04. The number of rotatable bonds is 3. The highest BCUT2D eigenvalue weighted by Crippen LogP contribution is 2.23. The van der Waals surface area contributed by atoms with Crippen molar-refractivity contribution in [1.82, 2.24) is 11.1 Å². The molecule has 0 fully saturated rings. The van der Waals surface area contributed by atoms with Crippen molar-refractivity contribution in [2.75, 3.05) is 0 Å². The van der Waals surface area contributed by atoms with E-state index in [4.69, 9.17) is 4.55 Å². The van der Waals surface area contributed by atoms with Gasteiger partial charge in [0.15, 0.2) is 0 Å². The van der Waals surface area contributed by atoms with Crippen LogP contribution < -0.4 is 6.15 Å². The molecular weight excluding hydrogens is 276 g/mol. The van der Waals surface area contributed by atoms with E-state index < -0.39 is 10.1 Å². The Kier molecular flexibility index (Phi) is 4.99. The minimum Gasteiger partial charge on any atom is -0.344 e. The first-order chi connectivity index (χ1) is 8.89. The molecular formula is C14H18N2O3S. The third-order valence-corrected chi connectivity index (χ3v) is 4.27. The van der Waals surface area contributed by atoms with Crippen molar-refractivity contribution in [2.24, 2.45) is 0 Å². The Morgan fingerprint density at radius 1 is 1.05 bits per heavy atom. The summed E-state index contributed by atoms with van der Waals surface area (Å²) in [5, 5.41) is 0. The highest BCUT2D eigenvalue weighted by molar-refractivity contribution is 7.85. The minimum absolute atomic E-state index is 0. The highest BCUT2D eigenvalue weighted by Gasteiger charge is 2.16. The van der Waals surface area contributed by atoms with Gasteiger partial charge in [0.05, 0.1) is 4.90 Å². The van der Waals surface area contributed by atoms with E-state index in [1.165, 1.54) is 6.07 Å². The Labute approximate surface area is 119 Å². The molecule has 1 aromatic heterocycles. The first-order valence-corrected chi connectivity index (χ1v) is 7.29. The molecule has 0 saturated carbocycles. The maximum atomic E-state index is 11.2. The molecule has 0 saturated heterocycles. The number of benzene rings is 1. The van der Waals surface area contributed by atoms with E-state index >= 15 is 0 Å². The summed E-state index contributed by atoms with van der Waals surface area (Å²) in [6.07, 6.45) is 4.16. The molecule has 0 amide bonds. The zero-order valence-electron chi connectivity index (χ0n) is 11.5. The molecule has 108 valence electrons. The molecule has 0 aliphatic heterocycles. The Bertz CT molecular complexity index is 698. The molecule has 0 spiro atoms. The second kappa shape index (κ2) is 6.13. The van der Waals surface area contributed by atoms with Crippen LogP contribution in [0.25, 0.3) is 0 Å². The maximum absolute atomic E-state index is 11.2. The van der Waals surface area contributed by atoms with Gasteiger partial charge in [-0.15, -0.1) is 0 Å². The summed E-state index contributed by atoms with van der Waals surface area (Å²) in [6.45, 7) is 3.56. The number of hydrogen-bond acceptors (Lipinski definition) is 4. The van der Waals surface area contributed by atoms with Gasteiger partial charge in [-0.3, -0.25) is 9.54 Å². The summed E-state index contributed by atoms with van der Waals surface area (Å²) in [7, 11) is -4.16. The van der Waals surface area contributed by atoms with Crippen LogP contribution >= 0.6 is 0 Å². The molecule has 1 heterocycles. The average molecular weight is 294 g/mol. The van der Waals surface area contributed by atoms with E-state index in [9.17, 15) is 8.42 Å². The van der Waals surface area contributed by atoms with Crippen molar-refractivity contribution < 1.29 is 13.0 Å². The third kappa shape index (κ3) is 3.41. The van der Waals surface area contributed by atoms with Gasteiger partial charge in [0.25, 0.3) is 10.1 Å².